The number of anilines is 2. The van der Waals surface area contributed by atoms with Gasteiger partial charge in [-0.2, -0.15) is 15.5 Å². The van der Waals surface area contributed by atoms with Crippen LogP contribution in [0, 0.1) is 11.5 Å². The first-order valence-corrected chi connectivity index (χ1v) is 8.34. The Morgan fingerprint density at radius 3 is 3.08 bits per heavy atom. The van der Waals surface area contributed by atoms with Crippen LogP contribution >= 0.6 is 0 Å². The third-order valence-electron chi connectivity index (χ3n) is 4.60. The van der Waals surface area contributed by atoms with Gasteiger partial charge < -0.3 is 10.6 Å². The zero-order valence-corrected chi connectivity index (χ0v) is 13.9. The lowest BCUT2D eigenvalue weighted by molar-refractivity contribution is 0.361. The van der Waals surface area contributed by atoms with Crippen molar-refractivity contribution in [2.45, 2.75) is 37.6 Å². The molecule has 2 N–H and O–H groups in total. The van der Waals surface area contributed by atoms with Gasteiger partial charge in [0.25, 0.3) is 0 Å². The van der Waals surface area contributed by atoms with Crippen LogP contribution in [-0.4, -0.2) is 35.4 Å². The van der Waals surface area contributed by atoms with Gasteiger partial charge in [0.05, 0.1) is 11.9 Å². The van der Waals surface area contributed by atoms with Gasteiger partial charge in [0, 0.05) is 31.3 Å². The summed E-state index contributed by atoms with van der Waals surface area (Å²) in [5.41, 5.74) is 1.62. The molecule has 0 aliphatic heterocycles. The van der Waals surface area contributed by atoms with E-state index in [-0.39, 0.29) is 12.0 Å². The standard InChI is InChI=1S/C16H19N9/c1-24-6-5-14(23-24)22-15-16-19-10-20-25(16)8-13(21-15)11-3-2-4-12(7-11)18-9-17/h5-6,8,10-12,18H,2-4,7H2,1H3,(H,21,22,23)/t11-,12-/m0/s1. The Labute approximate surface area is 144 Å². The Morgan fingerprint density at radius 2 is 2.28 bits per heavy atom. The molecule has 0 aromatic carbocycles. The van der Waals surface area contributed by atoms with Gasteiger partial charge in [-0.25, -0.2) is 14.5 Å². The maximum absolute atomic E-state index is 8.88. The molecule has 25 heavy (non-hydrogen) atoms. The van der Waals surface area contributed by atoms with Crippen molar-refractivity contribution in [2.24, 2.45) is 7.05 Å². The van der Waals surface area contributed by atoms with Crippen LogP contribution in [0.5, 0.6) is 0 Å². The van der Waals surface area contributed by atoms with Crippen LogP contribution in [0.25, 0.3) is 5.65 Å². The Hall–Kier alpha value is -3.15. The number of aromatic nitrogens is 6. The second-order valence-corrected chi connectivity index (χ2v) is 6.36. The highest BCUT2D eigenvalue weighted by molar-refractivity contribution is 5.67. The largest absolute Gasteiger partial charge is 0.321 e. The van der Waals surface area contributed by atoms with Gasteiger partial charge in [0.2, 0.25) is 0 Å². The molecule has 9 nitrogen and oxygen atoms in total. The molecule has 0 unspecified atom stereocenters. The van der Waals surface area contributed by atoms with Gasteiger partial charge in [0.15, 0.2) is 23.5 Å². The van der Waals surface area contributed by atoms with Crippen LogP contribution in [0.15, 0.2) is 24.8 Å². The van der Waals surface area contributed by atoms with Crippen molar-refractivity contribution in [1.82, 2.24) is 34.7 Å². The van der Waals surface area contributed by atoms with E-state index in [9.17, 15) is 0 Å². The lowest BCUT2D eigenvalue weighted by Gasteiger charge is -2.28. The van der Waals surface area contributed by atoms with E-state index in [0.717, 1.165) is 31.4 Å². The van der Waals surface area contributed by atoms with Gasteiger partial charge in [-0.1, -0.05) is 6.42 Å². The number of nitrogens with zero attached hydrogens (tertiary/aromatic N) is 7. The number of hydrogen-bond acceptors (Lipinski definition) is 7. The Morgan fingerprint density at radius 1 is 1.36 bits per heavy atom. The van der Waals surface area contributed by atoms with Crippen LogP contribution < -0.4 is 10.6 Å². The highest BCUT2D eigenvalue weighted by Gasteiger charge is 2.25. The third-order valence-corrected chi connectivity index (χ3v) is 4.60. The van der Waals surface area contributed by atoms with Crippen LogP contribution in [0.3, 0.4) is 0 Å². The molecule has 2 atom stereocenters. The number of aryl methyl sites for hydroxylation is 1. The zero-order chi connectivity index (χ0) is 17.2. The lowest BCUT2D eigenvalue weighted by atomic mass is 9.84. The van der Waals surface area contributed by atoms with E-state index >= 15 is 0 Å². The molecule has 3 heterocycles. The summed E-state index contributed by atoms with van der Waals surface area (Å²) in [5.74, 6) is 1.64. The maximum Gasteiger partial charge on any atom is 0.198 e. The van der Waals surface area contributed by atoms with Gasteiger partial charge in [-0.3, -0.25) is 4.68 Å². The number of nitriles is 1. The summed E-state index contributed by atoms with van der Waals surface area (Å²) in [6, 6.07) is 2.10. The second-order valence-electron chi connectivity index (χ2n) is 6.36. The van der Waals surface area contributed by atoms with E-state index in [1.165, 1.54) is 6.33 Å². The minimum absolute atomic E-state index is 0.212. The van der Waals surface area contributed by atoms with Crippen LogP contribution in [0.1, 0.15) is 37.3 Å². The molecular formula is C16H19N9. The molecular weight excluding hydrogens is 318 g/mol. The molecule has 0 spiro atoms. The van der Waals surface area contributed by atoms with Gasteiger partial charge in [0.1, 0.15) is 6.33 Å². The normalized spacial score (nSPS) is 20.3. The highest BCUT2D eigenvalue weighted by Crippen LogP contribution is 2.33. The molecule has 1 fully saturated rings. The first kappa shape index (κ1) is 15.4. The smallest absolute Gasteiger partial charge is 0.198 e. The molecule has 0 bridgehead atoms. The topological polar surface area (TPSA) is 109 Å². The predicted octanol–water partition coefficient (Wildman–Crippen LogP) is 1.70. The van der Waals surface area contributed by atoms with E-state index in [2.05, 4.69) is 32.0 Å². The fourth-order valence-corrected chi connectivity index (χ4v) is 3.41. The summed E-state index contributed by atoms with van der Waals surface area (Å²) in [4.78, 5) is 9.09. The Bertz CT molecular complexity index is 919. The van der Waals surface area contributed by atoms with Crippen LogP contribution in [0.2, 0.25) is 0 Å². The average Bonchev–Trinajstić information content (AvgIpc) is 3.24. The molecule has 3 aromatic heterocycles. The van der Waals surface area contributed by atoms with E-state index in [4.69, 9.17) is 10.2 Å². The van der Waals surface area contributed by atoms with E-state index in [1.54, 1.807) is 9.20 Å². The maximum atomic E-state index is 8.88. The Balaban J connectivity index is 1.66. The zero-order valence-electron chi connectivity index (χ0n) is 13.9. The second kappa shape index (κ2) is 6.39. The molecule has 128 valence electrons. The number of nitrogens with one attached hydrogen (secondary N) is 2. The van der Waals surface area contributed by atoms with Crippen molar-refractivity contribution < 1.29 is 0 Å². The van der Waals surface area contributed by atoms with Gasteiger partial charge in [-0.05, 0) is 19.3 Å². The summed E-state index contributed by atoms with van der Waals surface area (Å²) < 4.78 is 3.47. The fraction of sp³-hybridized carbons (Fsp3) is 0.438. The molecule has 3 aromatic rings. The molecule has 1 aliphatic rings. The predicted molar refractivity (Wildman–Crippen MR) is 91.0 cm³/mol. The molecule has 0 radical (unpaired) electrons. The fourth-order valence-electron chi connectivity index (χ4n) is 3.41. The SMILES string of the molecule is Cn1ccc(Nc2nc([C@H]3CCC[C@H](NC#N)C3)cn3ncnc23)n1. The van der Waals surface area contributed by atoms with E-state index in [0.29, 0.717) is 17.3 Å². The van der Waals surface area contributed by atoms with Gasteiger partial charge >= 0.3 is 0 Å². The van der Waals surface area contributed by atoms with Crippen molar-refractivity contribution in [3.63, 3.8) is 0 Å². The monoisotopic (exact) mass is 337 g/mol. The highest BCUT2D eigenvalue weighted by atomic mass is 15.3. The number of rotatable bonds is 4. The van der Waals surface area contributed by atoms with E-state index < -0.39 is 0 Å². The summed E-state index contributed by atoms with van der Waals surface area (Å²) in [7, 11) is 1.87. The first-order chi connectivity index (χ1) is 12.2. The number of fused-ring (bicyclic) bond motifs is 1. The summed E-state index contributed by atoms with van der Waals surface area (Å²) in [6.45, 7) is 0. The van der Waals surface area contributed by atoms with Crippen molar-refractivity contribution in [2.75, 3.05) is 5.32 Å². The Kier molecular flexibility index (Phi) is 3.93. The van der Waals surface area contributed by atoms with Crippen molar-refractivity contribution in [3.05, 3.63) is 30.5 Å². The van der Waals surface area contributed by atoms with Crippen LogP contribution in [-0.2, 0) is 7.05 Å². The van der Waals surface area contributed by atoms with Crippen molar-refractivity contribution in [1.29, 1.82) is 5.26 Å². The molecule has 4 rings (SSSR count). The first-order valence-electron chi connectivity index (χ1n) is 8.34. The third kappa shape index (κ3) is 3.10. The average molecular weight is 337 g/mol. The van der Waals surface area contributed by atoms with Crippen LogP contribution in [0.4, 0.5) is 11.6 Å². The molecule has 1 saturated carbocycles. The number of hydrogen-bond donors (Lipinski definition) is 2. The minimum atomic E-state index is 0.212. The van der Waals surface area contributed by atoms with Crippen molar-refractivity contribution in [3.8, 4) is 6.19 Å². The van der Waals surface area contributed by atoms with Gasteiger partial charge in [-0.15, -0.1) is 0 Å². The summed E-state index contributed by atoms with van der Waals surface area (Å²) >= 11 is 0. The minimum Gasteiger partial charge on any atom is -0.321 e. The van der Waals surface area contributed by atoms with Crippen molar-refractivity contribution >= 4 is 17.3 Å². The molecule has 1 aliphatic carbocycles. The molecule has 0 saturated heterocycles. The lowest BCUT2D eigenvalue weighted by Crippen LogP contribution is -2.30. The summed E-state index contributed by atoms with van der Waals surface area (Å²) in [5, 5.41) is 23.6. The molecule has 0 amide bonds. The van der Waals surface area contributed by atoms with E-state index in [1.807, 2.05) is 25.5 Å². The summed E-state index contributed by atoms with van der Waals surface area (Å²) in [6.07, 6.45) is 11.4. The molecule has 9 heteroatoms. The quantitative estimate of drug-likeness (QED) is 0.551.